The van der Waals surface area contributed by atoms with E-state index in [1.807, 2.05) is 6.92 Å². The van der Waals surface area contributed by atoms with Crippen LogP contribution in [0.25, 0.3) is 0 Å². The number of halogens is 1. The van der Waals surface area contributed by atoms with Crippen LogP contribution in [0.1, 0.15) is 19.8 Å². The Kier molecular flexibility index (Phi) is 2.55. The highest BCUT2D eigenvalue weighted by Crippen LogP contribution is 2.35. The number of alkyl halides is 1. The Morgan fingerprint density at radius 3 is 2.80 bits per heavy atom. The van der Waals surface area contributed by atoms with E-state index in [9.17, 15) is 4.79 Å². The fraction of sp³-hybridized carbons (Fsp3) is 0.857. The molecule has 1 saturated carbocycles. The average molecular weight is 162 g/mol. The zero-order chi connectivity index (χ0) is 7.56. The summed E-state index contributed by atoms with van der Waals surface area (Å²) in [7, 11) is 0. The molecule has 1 fully saturated rings. The summed E-state index contributed by atoms with van der Waals surface area (Å²) in [6.45, 7) is 2.57. The van der Waals surface area contributed by atoms with E-state index < -0.39 is 0 Å². The Hall–Kier alpha value is -0.240. The summed E-state index contributed by atoms with van der Waals surface area (Å²) < 4.78 is 0. The van der Waals surface area contributed by atoms with Crippen LogP contribution in [-0.4, -0.2) is 17.8 Å². The number of nitrogens with one attached hydrogen (secondary N) is 1. The lowest BCUT2D eigenvalue weighted by molar-refractivity contribution is -0.120. The van der Waals surface area contributed by atoms with Crippen LogP contribution in [0.15, 0.2) is 0 Å². The second-order valence-electron chi connectivity index (χ2n) is 2.63. The third-order valence-electron chi connectivity index (χ3n) is 1.64. The van der Waals surface area contributed by atoms with E-state index in [1.54, 1.807) is 0 Å². The number of hydrogen-bond donors (Lipinski definition) is 1. The van der Waals surface area contributed by atoms with Crippen LogP contribution in [-0.2, 0) is 4.79 Å². The predicted molar refractivity (Wildman–Crippen MR) is 41.0 cm³/mol. The molecule has 0 heterocycles. The summed E-state index contributed by atoms with van der Waals surface area (Å²) in [4.78, 5) is 11.0. The normalized spacial score (nSPS) is 20.2. The summed E-state index contributed by atoms with van der Waals surface area (Å²) in [5.41, 5.74) is 0. The lowest BCUT2D eigenvalue weighted by atomic mass is 10.3. The van der Waals surface area contributed by atoms with Crippen LogP contribution in [0, 0.1) is 5.92 Å². The van der Waals surface area contributed by atoms with Crippen LogP contribution >= 0.6 is 11.6 Å². The van der Waals surface area contributed by atoms with Crippen molar-refractivity contribution in [3.05, 3.63) is 0 Å². The van der Waals surface area contributed by atoms with Crippen molar-refractivity contribution in [3.63, 3.8) is 0 Å². The lowest BCUT2D eigenvalue weighted by Crippen LogP contribution is -2.32. The van der Waals surface area contributed by atoms with E-state index in [4.69, 9.17) is 11.6 Å². The second-order valence-corrected chi connectivity index (χ2v) is 3.10. The minimum Gasteiger partial charge on any atom is -0.355 e. The van der Waals surface area contributed by atoms with Crippen molar-refractivity contribution >= 4 is 17.5 Å². The fourth-order valence-electron chi connectivity index (χ4n) is 0.875. The van der Waals surface area contributed by atoms with E-state index in [0.717, 1.165) is 12.8 Å². The molecule has 0 aromatic carbocycles. The third-order valence-corrected chi connectivity index (χ3v) is 2.19. The molecule has 1 N–H and O–H groups in total. The summed E-state index contributed by atoms with van der Waals surface area (Å²) in [6, 6.07) is 0. The molecule has 0 aromatic rings. The van der Waals surface area contributed by atoms with E-state index in [-0.39, 0.29) is 11.3 Å². The van der Waals surface area contributed by atoms with Crippen molar-refractivity contribution < 1.29 is 4.79 Å². The fourth-order valence-corrected chi connectivity index (χ4v) is 1.20. The zero-order valence-electron chi connectivity index (χ0n) is 6.06. The topological polar surface area (TPSA) is 29.1 Å². The van der Waals surface area contributed by atoms with Gasteiger partial charge in [-0.2, -0.15) is 0 Å². The van der Waals surface area contributed by atoms with Gasteiger partial charge in [0, 0.05) is 6.54 Å². The first-order valence-corrected chi connectivity index (χ1v) is 4.11. The maximum atomic E-state index is 11.0. The smallest absolute Gasteiger partial charge is 0.238 e. The first-order chi connectivity index (χ1) is 4.75. The molecule has 0 aliphatic heterocycles. The highest BCUT2D eigenvalue weighted by molar-refractivity contribution is 6.31. The van der Waals surface area contributed by atoms with E-state index in [0.29, 0.717) is 12.5 Å². The quantitative estimate of drug-likeness (QED) is 0.618. The van der Waals surface area contributed by atoms with Crippen LogP contribution in [0.3, 0.4) is 0 Å². The molecule has 0 aromatic heterocycles. The number of rotatable bonds is 3. The first-order valence-electron chi connectivity index (χ1n) is 3.67. The lowest BCUT2D eigenvalue weighted by Gasteiger charge is -2.06. The Bertz CT molecular complexity index is 134. The SMILES string of the molecule is CCNC(=O)C(Cl)C1CC1. The van der Waals surface area contributed by atoms with Crippen LogP contribution in [0.4, 0.5) is 0 Å². The van der Waals surface area contributed by atoms with Gasteiger partial charge in [0.1, 0.15) is 5.38 Å². The molecule has 0 radical (unpaired) electrons. The van der Waals surface area contributed by atoms with Crippen molar-refractivity contribution in [1.29, 1.82) is 0 Å². The first kappa shape index (κ1) is 7.86. The van der Waals surface area contributed by atoms with Crippen LogP contribution < -0.4 is 5.32 Å². The van der Waals surface area contributed by atoms with Crippen molar-refractivity contribution in [2.75, 3.05) is 6.54 Å². The van der Waals surface area contributed by atoms with Gasteiger partial charge in [-0.3, -0.25) is 4.79 Å². The third kappa shape index (κ3) is 1.87. The molecule has 1 aliphatic carbocycles. The largest absolute Gasteiger partial charge is 0.355 e. The highest BCUT2D eigenvalue weighted by Gasteiger charge is 2.34. The van der Waals surface area contributed by atoms with Crippen molar-refractivity contribution in [1.82, 2.24) is 5.32 Å². The highest BCUT2D eigenvalue weighted by atomic mass is 35.5. The summed E-state index contributed by atoms with van der Waals surface area (Å²) >= 11 is 5.80. The Morgan fingerprint density at radius 2 is 2.40 bits per heavy atom. The molecule has 0 spiro atoms. The molecule has 1 rings (SSSR count). The van der Waals surface area contributed by atoms with Gasteiger partial charge in [-0.05, 0) is 25.7 Å². The molecule has 10 heavy (non-hydrogen) atoms. The van der Waals surface area contributed by atoms with Gasteiger partial charge in [0.05, 0.1) is 0 Å². The number of carbonyl (C=O) groups is 1. The van der Waals surface area contributed by atoms with Crippen LogP contribution in [0.2, 0.25) is 0 Å². The van der Waals surface area contributed by atoms with Crippen molar-refractivity contribution in [2.24, 2.45) is 5.92 Å². The Labute approximate surface area is 65.9 Å². The molecule has 1 unspecified atom stereocenters. The summed E-state index contributed by atoms with van der Waals surface area (Å²) in [6.07, 6.45) is 2.23. The van der Waals surface area contributed by atoms with Gasteiger partial charge in [0.15, 0.2) is 0 Å². The number of carbonyl (C=O) groups excluding carboxylic acids is 1. The van der Waals surface area contributed by atoms with Gasteiger partial charge < -0.3 is 5.32 Å². The maximum absolute atomic E-state index is 11.0. The average Bonchev–Trinajstić information content (AvgIpc) is 2.68. The van der Waals surface area contributed by atoms with Gasteiger partial charge in [-0.25, -0.2) is 0 Å². The molecule has 0 bridgehead atoms. The Balaban J connectivity index is 2.24. The molecule has 58 valence electrons. The predicted octanol–water partition coefficient (Wildman–Crippen LogP) is 1.14. The van der Waals surface area contributed by atoms with Gasteiger partial charge in [-0.1, -0.05) is 0 Å². The van der Waals surface area contributed by atoms with E-state index in [2.05, 4.69) is 5.32 Å². The zero-order valence-corrected chi connectivity index (χ0v) is 6.82. The molecule has 1 amide bonds. The van der Waals surface area contributed by atoms with Crippen molar-refractivity contribution in [3.8, 4) is 0 Å². The molecule has 2 nitrogen and oxygen atoms in total. The molecule has 3 heteroatoms. The van der Waals surface area contributed by atoms with E-state index >= 15 is 0 Å². The minimum atomic E-state index is -0.278. The molecular formula is C7H12ClNO. The summed E-state index contributed by atoms with van der Waals surface area (Å²) in [5.74, 6) is 0.444. The van der Waals surface area contributed by atoms with Gasteiger partial charge >= 0.3 is 0 Å². The van der Waals surface area contributed by atoms with Crippen molar-refractivity contribution in [2.45, 2.75) is 25.1 Å². The maximum Gasteiger partial charge on any atom is 0.238 e. The Morgan fingerprint density at radius 1 is 1.80 bits per heavy atom. The van der Waals surface area contributed by atoms with E-state index in [1.165, 1.54) is 0 Å². The van der Waals surface area contributed by atoms with Gasteiger partial charge in [0.2, 0.25) is 5.91 Å². The number of hydrogen-bond acceptors (Lipinski definition) is 1. The monoisotopic (exact) mass is 161 g/mol. The summed E-state index contributed by atoms with van der Waals surface area (Å²) in [5, 5.41) is 2.42. The molecule has 0 saturated heterocycles. The molecule has 1 atom stereocenters. The van der Waals surface area contributed by atoms with Gasteiger partial charge in [-0.15, -0.1) is 11.6 Å². The number of amides is 1. The molecule has 1 aliphatic rings. The second kappa shape index (κ2) is 3.24. The van der Waals surface area contributed by atoms with Gasteiger partial charge in [0.25, 0.3) is 0 Å². The minimum absolute atomic E-state index is 0.00772. The molecular weight excluding hydrogens is 150 g/mol. The standard InChI is InChI=1S/C7H12ClNO/c1-2-9-7(10)6(8)5-3-4-5/h5-6H,2-4H2,1H3,(H,9,10). The van der Waals surface area contributed by atoms with Crippen LogP contribution in [0.5, 0.6) is 0 Å².